The summed E-state index contributed by atoms with van der Waals surface area (Å²) in [5.74, 6) is -0.953. The number of nitrogens with zero attached hydrogens (tertiary/aromatic N) is 1. The van der Waals surface area contributed by atoms with Crippen LogP contribution in [0.1, 0.15) is 6.42 Å². The number of likely N-dealkylation sites (tertiary alicyclic amines) is 1. The quantitative estimate of drug-likeness (QED) is 0.638. The van der Waals surface area contributed by atoms with Gasteiger partial charge in [0.05, 0.1) is 0 Å². The summed E-state index contributed by atoms with van der Waals surface area (Å²) in [7, 11) is 0. The second-order valence-electron chi connectivity index (χ2n) is 2.89. The van der Waals surface area contributed by atoms with E-state index in [4.69, 9.17) is 5.11 Å². The molecule has 3 nitrogen and oxygen atoms in total. The molecule has 0 bridgehead atoms. The van der Waals surface area contributed by atoms with Crippen molar-refractivity contribution in [2.45, 2.75) is 12.6 Å². The fourth-order valence-electron chi connectivity index (χ4n) is 1.25. The molecule has 1 atom stereocenters. The average Bonchev–Trinajstić information content (AvgIpc) is 2.35. The van der Waals surface area contributed by atoms with Crippen molar-refractivity contribution in [3.05, 3.63) is 12.2 Å². The van der Waals surface area contributed by atoms with Gasteiger partial charge in [0.2, 0.25) is 0 Å². The minimum absolute atomic E-state index is 0.434. The van der Waals surface area contributed by atoms with Crippen molar-refractivity contribution in [2.24, 2.45) is 0 Å². The van der Waals surface area contributed by atoms with Crippen molar-refractivity contribution in [1.82, 2.24) is 4.90 Å². The van der Waals surface area contributed by atoms with Crippen molar-refractivity contribution < 1.29 is 14.3 Å². The highest BCUT2D eigenvalue weighted by Gasteiger charge is 2.19. The molecule has 0 saturated carbocycles. The van der Waals surface area contributed by atoms with Crippen molar-refractivity contribution in [3.63, 3.8) is 0 Å². The van der Waals surface area contributed by atoms with Gasteiger partial charge in [-0.2, -0.15) is 0 Å². The zero-order valence-electron chi connectivity index (χ0n) is 6.74. The van der Waals surface area contributed by atoms with E-state index in [1.54, 1.807) is 6.08 Å². The highest BCUT2D eigenvalue weighted by molar-refractivity contribution is 5.79. The Kier molecular flexibility index (Phi) is 3.22. The van der Waals surface area contributed by atoms with Gasteiger partial charge in [0.15, 0.2) is 0 Å². The summed E-state index contributed by atoms with van der Waals surface area (Å²) in [5.41, 5.74) is 0. The van der Waals surface area contributed by atoms with Crippen LogP contribution in [0.4, 0.5) is 4.39 Å². The summed E-state index contributed by atoms with van der Waals surface area (Å²) in [5, 5.41) is 8.26. The van der Waals surface area contributed by atoms with Gasteiger partial charge >= 0.3 is 5.97 Å². The zero-order chi connectivity index (χ0) is 8.97. The first-order valence-corrected chi connectivity index (χ1v) is 3.94. The van der Waals surface area contributed by atoms with E-state index in [2.05, 4.69) is 0 Å². The zero-order valence-corrected chi connectivity index (χ0v) is 6.74. The van der Waals surface area contributed by atoms with E-state index in [9.17, 15) is 9.18 Å². The third-order valence-electron chi connectivity index (χ3n) is 1.84. The van der Waals surface area contributed by atoms with Gasteiger partial charge in [0.1, 0.15) is 6.17 Å². The molecule has 68 valence electrons. The van der Waals surface area contributed by atoms with Crippen LogP contribution in [0.2, 0.25) is 0 Å². The van der Waals surface area contributed by atoms with E-state index in [0.717, 1.165) is 12.6 Å². The molecule has 4 heteroatoms. The highest BCUT2D eigenvalue weighted by atomic mass is 19.1. The topological polar surface area (TPSA) is 40.5 Å². The normalized spacial score (nSPS) is 25.2. The second-order valence-corrected chi connectivity index (χ2v) is 2.89. The molecule has 0 aromatic carbocycles. The third kappa shape index (κ3) is 3.00. The van der Waals surface area contributed by atoms with E-state index in [1.807, 2.05) is 4.90 Å². The molecule has 12 heavy (non-hydrogen) atoms. The van der Waals surface area contributed by atoms with Gasteiger partial charge < -0.3 is 5.11 Å². The van der Waals surface area contributed by atoms with Crippen LogP contribution in [0.25, 0.3) is 0 Å². The monoisotopic (exact) mass is 173 g/mol. The van der Waals surface area contributed by atoms with E-state index in [-0.39, 0.29) is 0 Å². The second kappa shape index (κ2) is 4.21. The Morgan fingerprint density at radius 1 is 1.75 bits per heavy atom. The summed E-state index contributed by atoms with van der Waals surface area (Å²) >= 11 is 0. The Morgan fingerprint density at radius 2 is 2.50 bits per heavy atom. The first-order valence-electron chi connectivity index (χ1n) is 3.94. The molecular formula is C8H12FNO2. The van der Waals surface area contributed by atoms with Crippen LogP contribution in [-0.4, -0.2) is 41.8 Å². The molecule has 0 spiro atoms. The summed E-state index contributed by atoms with van der Waals surface area (Å²) < 4.78 is 12.6. The Balaban J connectivity index is 2.20. The van der Waals surface area contributed by atoms with Crippen LogP contribution in [-0.2, 0) is 4.79 Å². The van der Waals surface area contributed by atoms with Gasteiger partial charge in [-0.3, -0.25) is 4.90 Å². The standard InChI is InChI=1S/C8H12FNO2/c9-7-3-5-10(6-7)4-1-2-8(11)12/h1-2,7H,3-6H2,(H,11,12)/t7-/m0/s1. The number of aliphatic carboxylic acids is 1. The lowest BCUT2D eigenvalue weighted by molar-refractivity contribution is -0.131. The number of rotatable bonds is 3. The lowest BCUT2D eigenvalue weighted by Crippen LogP contribution is -2.20. The molecule has 1 heterocycles. The maximum absolute atomic E-state index is 12.6. The Hall–Kier alpha value is -0.900. The highest BCUT2D eigenvalue weighted by Crippen LogP contribution is 2.11. The van der Waals surface area contributed by atoms with Crippen molar-refractivity contribution in [3.8, 4) is 0 Å². The summed E-state index contributed by atoms with van der Waals surface area (Å²) in [6.07, 6.45) is 2.47. The molecule has 1 saturated heterocycles. The van der Waals surface area contributed by atoms with Gasteiger partial charge in [0.25, 0.3) is 0 Å². The summed E-state index contributed by atoms with van der Waals surface area (Å²) in [4.78, 5) is 12.0. The Labute approximate surface area is 70.5 Å². The van der Waals surface area contributed by atoms with Gasteiger partial charge in [-0.25, -0.2) is 9.18 Å². The minimum atomic E-state index is -0.953. The molecule has 1 aliphatic heterocycles. The fourth-order valence-corrected chi connectivity index (χ4v) is 1.25. The van der Waals surface area contributed by atoms with Crippen LogP contribution < -0.4 is 0 Å². The van der Waals surface area contributed by atoms with Gasteiger partial charge in [-0.15, -0.1) is 0 Å². The lowest BCUT2D eigenvalue weighted by Gasteiger charge is -2.09. The van der Waals surface area contributed by atoms with E-state index in [0.29, 0.717) is 19.5 Å². The first-order chi connectivity index (χ1) is 5.68. The van der Waals surface area contributed by atoms with Crippen LogP contribution in [0.15, 0.2) is 12.2 Å². The lowest BCUT2D eigenvalue weighted by atomic mass is 10.3. The molecule has 1 rings (SSSR count). The largest absolute Gasteiger partial charge is 0.478 e. The maximum atomic E-state index is 12.6. The molecule has 0 aromatic heterocycles. The number of carbonyl (C=O) groups is 1. The fraction of sp³-hybridized carbons (Fsp3) is 0.625. The molecule has 0 radical (unpaired) electrons. The van der Waals surface area contributed by atoms with Gasteiger partial charge in [-0.05, 0) is 6.42 Å². The van der Waals surface area contributed by atoms with Crippen LogP contribution in [0.5, 0.6) is 0 Å². The number of carboxylic acid groups (broad SMARTS) is 1. The first kappa shape index (κ1) is 9.19. The van der Waals surface area contributed by atoms with E-state index in [1.165, 1.54) is 0 Å². The van der Waals surface area contributed by atoms with E-state index < -0.39 is 12.1 Å². The van der Waals surface area contributed by atoms with Crippen LogP contribution >= 0.6 is 0 Å². The molecule has 0 unspecified atom stereocenters. The average molecular weight is 173 g/mol. The number of alkyl halides is 1. The molecule has 1 aliphatic rings. The van der Waals surface area contributed by atoms with Crippen molar-refractivity contribution >= 4 is 5.97 Å². The van der Waals surface area contributed by atoms with Gasteiger partial charge in [0, 0.05) is 25.7 Å². The van der Waals surface area contributed by atoms with E-state index >= 15 is 0 Å². The SMILES string of the molecule is O=C(O)C=CCN1CC[C@H](F)C1. The predicted molar refractivity (Wildman–Crippen MR) is 42.7 cm³/mol. The van der Waals surface area contributed by atoms with Gasteiger partial charge in [-0.1, -0.05) is 6.08 Å². The van der Waals surface area contributed by atoms with Crippen LogP contribution in [0.3, 0.4) is 0 Å². The number of carboxylic acids is 1. The smallest absolute Gasteiger partial charge is 0.328 e. The number of hydrogen-bond acceptors (Lipinski definition) is 2. The third-order valence-corrected chi connectivity index (χ3v) is 1.84. The van der Waals surface area contributed by atoms with Crippen molar-refractivity contribution in [1.29, 1.82) is 0 Å². The molecule has 0 amide bonds. The van der Waals surface area contributed by atoms with Crippen molar-refractivity contribution in [2.75, 3.05) is 19.6 Å². The van der Waals surface area contributed by atoms with Crippen LogP contribution in [0, 0.1) is 0 Å². The molecule has 0 aromatic rings. The molecule has 0 aliphatic carbocycles. The maximum Gasteiger partial charge on any atom is 0.328 e. The summed E-state index contributed by atoms with van der Waals surface area (Å²) in [6.45, 7) is 1.70. The number of halogens is 1. The number of hydrogen-bond donors (Lipinski definition) is 1. The molecular weight excluding hydrogens is 161 g/mol. The Bertz CT molecular complexity index is 193. The Morgan fingerprint density at radius 3 is 3.00 bits per heavy atom. The molecule has 1 fully saturated rings. The summed E-state index contributed by atoms with van der Waals surface area (Å²) in [6, 6.07) is 0. The predicted octanol–water partition coefficient (Wildman–Crippen LogP) is 0.671. The molecule has 1 N–H and O–H groups in total. The minimum Gasteiger partial charge on any atom is -0.478 e.